The Balaban J connectivity index is 1.20. The molecule has 1 N–H and O–H groups in total. The number of para-hydroxylation sites is 1. The lowest BCUT2D eigenvalue weighted by atomic mass is 9.61. The Labute approximate surface area is 342 Å². The van der Waals surface area contributed by atoms with Gasteiger partial charge < -0.3 is 9.88 Å². The summed E-state index contributed by atoms with van der Waals surface area (Å²) in [5.74, 6) is 0. The van der Waals surface area contributed by atoms with E-state index in [2.05, 4.69) is 177 Å². The van der Waals surface area contributed by atoms with Gasteiger partial charge in [0.2, 0.25) is 7.28 Å². The van der Waals surface area contributed by atoms with E-state index in [-0.39, 0.29) is 21.7 Å². The van der Waals surface area contributed by atoms with Gasteiger partial charge in [0, 0.05) is 43.3 Å². The molecule has 0 atom stereocenters. The maximum absolute atomic E-state index is 3.92. The highest BCUT2D eigenvalue weighted by molar-refractivity contribution is 7.29. The number of fused-ring (bicyclic) bond motifs is 11. The molecule has 57 heavy (non-hydrogen) atoms. The first-order valence-corrected chi connectivity index (χ1v) is 21.9. The smallest absolute Gasteiger partial charge is 0.211 e. The normalized spacial score (nSPS) is 18.6. The van der Waals surface area contributed by atoms with E-state index in [0.717, 1.165) is 0 Å². The molecule has 3 aliphatic rings. The molecule has 1 aliphatic heterocycles. The van der Waals surface area contributed by atoms with Crippen LogP contribution in [0.3, 0.4) is 0 Å². The van der Waals surface area contributed by atoms with Crippen LogP contribution in [-0.4, -0.2) is 12.3 Å². The lowest BCUT2D eigenvalue weighted by Gasteiger charge is -2.43. The van der Waals surface area contributed by atoms with Crippen molar-refractivity contribution in [2.24, 2.45) is 0 Å². The second-order valence-corrected chi connectivity index (χ2v) is 21.3. The standard InChI is InChI=1S/C53H52BN2S/c1-30-25-36(34-15-12-16-35-45-33-14-11-10-13-31(33)17-20-42(45)55-47(34)35)46-43(26-30)56(32-18-19-38-39(27-32)51(4,5)22-21-50(38,2)3)48-37-28-40-41(29-44(37)57-49(48)54-46)53(8,9)24-23-52(40,6)7/h10-20,25-29,55H,21-24H2,1-9H3. The Morgan fingerprint density at radius 1 is 0.596 bits per heavy atom. The Hall–Kier alpha value is -4.80. The fourth-order valence-electron chi connectivity index (χ4n) is 11.0. The van der Waals surface area contributed by atoms with Gasteiger partial charge in [-0.25, -0.2) is 0 Å². The van der Waals surface area contributed by atoms with Crippen LogP contribution in [0.1, 0.15) is 109 Å². The summed E-state index contributed by atoms with van der Waals surface area (Å²) in [7, 11) is 2.53. The molecule has 0 amide bonds. The van der Waals surface area contributed by atoms with E-state index in [9.17, 15) is 0 Å². The van der Waals surface area contributed by atoms with Gasteiger partial charge in [-0.3, -0.25) is 0 Å². The molecule has 283 valence electrons. The van der Waals surface area contributed by atoms with Crippen molar-refractivity contribution in [1.29, 1.82) is 0 Å². The quantitative estimate of drug-likeness (QED) is 0.174. The Bertz CT molecular complexity index is 3020. The molecule has 8 aromatic rings. The first-order valence-electron chi connectivity index (χ1n) is 21.1. The minimum absolute atomic E-state index is 0.104. The highest BCUT2D eigenvalue weighted by atomic mass is 32.1. The van der Waals surface area contributed by atoms with Crippen LogP contribution in [-0.2, 0) is 21.7 Å². The van der Waals surface area contributed by atoms with E-state index >= 15 is 0 Å². The summed E-state index contributed by atoms with van der Waals surface area (Å²) >= 11 is 1.98. The number of hydrogen-bond donors (Lipinski definition) is 1. The molecule has 0 saturated carbocycles. The van der Waals surface area contributed by atoms with E-state index in [1.165, 1.54) is 135 Å². The van der Waals surface area contributed by atoms with Gasteiger partial charge in [0.15, 0.2) is 0 Å². The van der Waals surface area contributed by atoms with Crippen molar-refractivity contribution in [3.05, 3.63) is 125 Å². The van der Waals surface area contributed by atoms with E-state index in [1.54, 1.807) is 0 Å². The van der Waals surface area contributed by atoms with Crippen molar-refractivity contribution < 1.29 is 0 Å². The van der Waals surface area contributed by atoms with E-state index in [4.69, 9.17) is 0 Å². The molecule has 0 fully saturated rings. The number of hydrogen-bond acceptors (Lipinski definition) is 2. The molecule has 11 rings (SSSR count). The van der Waals surface area contributed by atoms with Crippen LogP contribution in [0, 0.1) is 6.92 Å². The van der Waals surface area contributed by atoms with E-state index in [0.29, 0.717) is 0 Å². The summed E-state index contributed by atoms with van der Waals surface area (Å²) in [6.45, 7) is 21.9. The van der Waals surface area contributed by atoms with E-state index < -0.39 is 0 Å². The van der Waals surface area contributed by atoms with Crippen molar-refractivity contribution >= 4 is 88.6 Å². The maximum atomic E-state index is 3.92. The van der Waals surface area contributed by atoms with Crippen LogP contribution in [0.15, 0.2) is 97.1 Å². The number of rotatable bonds is 2. The number of thiophene rings is 1. The number of aromatic nitrogens is 1. The Morgan fingerprint density at radius 3 is 2.02 bits per heavy atom. The van der Waals surface area contributed by atoms with Gasteiger partial charge >= 0.3 is 0 Å². The van der Waals surface area contributed by atoms with Crippen molar-refractivity contribution in [3.8, 4) is 11.1 Å². The molecule has 0 saturated heterocycles. The molecule has 2 aliphatic carbocycles. The summed E-state index contributed by atoms with van der Waals surface area (Å²) in [6.07, 6.45) is 4.82. The molecule has 0 unspecified atom stereocenters. The minimum Gasteiger partial charge on any atom is -0.354 e. The number of H-pyrrole nitrogens is 1. The van der Waals surface area contributed by atoms with Crippen molar-refractivity contribution in [2.45, 2.75) is 110 Å². The van der Waals surface area contributed by atoms with E-state index in [1.807, 2.05) is 11.3 Å². The highest BCUT2D eigenvalue weighted by Gasteiger charge is 2.41. The Morgan fingerprint density at radius 2 is 1.26 bits per heavy atom. The second-order valence-electron chi connectivity index (χ2n) is 20.3. The van der Waals surface area contributed by atoms with Gasteiger partial charge in [-0.15, -0.1) is 11.3 Å². The molecule has 2 aromatic heterocycles. The van der Waals surface area contributed by atoms with Crippen molar-refractivity contribution in [3.63, 3.8) is 0 Å². The zero-order valence-electron chi connectivity index (χ0n) is 35.0. The topological polar surface area (TPSA) is 19.0 Å². The fourth-order valence-corrected chi connectivity index (χ4v) is 12.1. The summed E-state index contributed by atoms with van der Waals surface area (Å²) in [5.41, 5.74) is 17.9. The first kappa shape index (κ1) is 35.4. The largest absolute Gasteiger partial charge is 0.354 e. The Kier molecular flexibility index (Phi) is 7.24. The fraction of sp³-hybridized carbons (Fsp3) is 0.321. The lowest BCUT2D eigenvalue weighted by molar-refractivity contribution is 0.332. The summed E-state index contributed by atoms with van der Waals surface area (Å²) in [6, 6.07) is 37.7. The van der Waals surface area contributed by atoms with Crippen LogP contribution in [0.2, 0.25) is 0 Å². The van der Waals surface area contributed by atoms with Gasteiger partial charge in [-0.1, -0.05) is 116 Å². The van der Waals surface area contributed by atoms with Gasteiger partial charge in [0.25, 0.3) is 0 Å². The number of nitrogens with zero attached hydrogens (tertiary/aromatic N) is 1. The lowest BCUT2D eigenvalue weighted by Crippen LogP contribution is -2.40. The molecule has 2 nitrogen and oxygen atoms in total. The number of aromatic amines is 1. The SMILES string of the molecule is Cc1cc(-c2cccc3c2[nH]c2ccc4ccccc4c23)c2c(c1)N(c1ccc3c(c1)C(C)(C)CCC3(C)C)c1c(sc3cc4c(cc13)C(C)(C)CCC4(C)C)[B]2. The van der Waals surface area contributed by atoms with Gasteiger partial charge in [0.05, 0.1) is 11.2 Å². The van der Waals surface area contributed by atoms with Crippen LogP contribution in [0.25, 0.3) is 53.8 Å². The molecule has 4 heteroatoms. The molecular weight excluding hydrogens is 707 g/mol. The van der Waals surface area contributed by atoms with Gasteiger partial charge in [-0.05, 0) is 145 Å². The third-order valence-electron chi connectivity index (χ3n) is 14.6. The average Bonchev–Trinajstić information content (AvgIpc) is 3.75. The first-order chi connectivity index (χ1) is 27.1. The third kappa shape index (κ3) is 5.08. The minimum atomic E-state index is 0.104. The number of nitrogens with one attached hydrogen (secondary N) is 1. The van der Waals surface area contributed by atoms with Crippen molar-refractivity contribution in [1.82, 2.24) is 4.98 Å². The molecule has 0 spiro atoms. The monoisotopic (exact) mass is 759 g/mol. The summed E-state index contributed by atoms with van der Waals surface area (Å²) < 4.78 is 2.73. The molecule has 0 bridgehead atoms. The summed E-state index contributed by atoms with van der Waals surface area (Å²) in [4.78, 5) is 6.58. The molecule has 1 radical (unpaired) electrons. The molecular formula is C53H52BN2S. The summed E-state index contributed by atoms with van der Waals surface area (Å²) in [5, 5.41) is 6.53. The maximum Gasteiger partial charge on any atom is 0.211 e. The van der Waals surface area contributed by atoms with Crippen LogP contribution >= 0.6 is 11.3 Å². The average molecular weight is 760 g/mol. The number of benzene rings is 6. The zero-order chi connectivity index (χ0) is 39.4. The van der Waals surface area contributed by atoms with Crippen LogP contribution < -0.4 is 15.1 Å². The van der Waals surface area contributed by atoms with Crippen LogP contribution in [0.5, 0.6) is 0 Å². The molecule has 3 heterocycles. The number of aryl methyl sites for hydroxylation is 1. The second kappa shape index (κ2) is 11.7. The van der Waals surface area contributed by atoms with Gasteiger partial charge in [-0.2, -0.15) is 0 Å². The predicted octanol–water partition coefficient (Wildman–Crippen LogP) is 13.8. The highest BCUT2D eigenvalue weighted by Crippen LogP contribution is 2.53. The van der Waals surface area contributed by atoms with Gasteiger partial charge in [0.1, 0.15) is 0 Å². The number of anilines is 3. The predicted molar refractivity (Wildman–Crippen MR) is 249 cm³/mol. The van der Waals surface area contributed by atoms with Crippen LogP contribution in [0.4, 0.5) is 17.1 Å². The third-order valence-corrected chi connectivity index (χ3v) is 15.7. The zero-order valence-corrected chi connectivity index (χ0v) is 35.8. The molecule has 6 aromatic carbocycles. The van der Waals surface area contributed by atoms with Crippen molar-refractivity contribution in [2.75, 3.05) is 4.90 Å².